The quantitative estimate of drug-likeness (QED) is 0.777. The highest BCUT2D eigenvalue weighted by Crippen LogP contribution is 2.34. The summed E-state index contributed by atoms with van der Waals surface area (Å²) < 4.78 is 6.86. The molecule has 20 heavy (non-hydrogen) atoms. The lowest BCUT2D eigenvalue weighted by Crippen LogP contribution is -2.37. The van der Waals surface area contributed by atoms with Crippen molar-refractivity contribution in [3.63, 3.8) is 0 Å². The van der Waals surface area contributed by atoms with E-state index >= 15 is 0 Å². The van der Waals surface area contributed by atoms with Gasteiger partial charge in [0.15, 0.2) is 0 Å². The fraction of sp³-hybridized carbons (Fsp3) is 0.500. The van der Waals surface area contributed by atoms with Gasteiger partial charge in [0.2, 0.25) is 5.91 Å². The summed E-state index contributed by atoms with van der Waals surface area (Å²) in [4.78, 5) is 11.9. The second-order valence-corrected chi connectivity index (χ2v) is 7.15. The molecule has 0 aliphatic carbocycles. The predicted molar refractivity (Wildman–Crippen MR) is 89.4 cm³/mol. The maximum Gasteiger partial charge on any atom is 0.225 e. The van der Waals surface area contributed by atoms with Crippen LogP contribution in [-0.2, 0) is 4.79 Å². The number of hydrogen-bond acceptors (Lipinski definition) is 3. The van der Waals surface area contributed by atoms with Gasteiger partial charge in [-0.3, -0.25) is 4.79 Å². The van der Waals surface area contributed by atoms with Crippen molar-refractivity contribution in [1.82, 2.24) is 5.32 Å². The molecular weight excluding hydrogens is 388 g/mol. The van der Waals surface area contributed by atoms with E-state index < -0.39 is 0 Å². The fourth-order valence-corrected chi connectivity index (χ4v) is 2.80. The van der Waals surface area contributed by atoms with Gasteiger partial charge in [-0.05, 0) is 58.7 Å². The highest BCUT2D eigenvalue weighted by molar-refractivity contribution is 9.11. The van der Waals surface area contributed by atoms with Crippen LogP contribution in [0.4, 0.5) is 5.69 Å². The molecule has 6 heteroatoms. The first kappa shape index (κ1) is 17.5. The first-order chi connectivity index (χ1) is 9.23. The Bertz CT molecular complexity index is 485. The third-order valence-corrected chi connectivity index (χ3v) is 3.80. The van der Waals surface area contributed by atoms with E-state index in [-0.39, 0.29) is 11.4 Å². The number of halogens is 2. The Morgan fingerprint density at radius 2 is 1.90 bits per heavy atom. The third-order valence-electron chi connectivity index (χ3n) is 2.52. The predicted octanol–water partition coefficient (Wildman–Crippen LogP) is 3.94. The standard InChI is InChI=1S/C14H20Br2N2O2/c1-14(2,3)17-6-5-13(19)18-11-8-12(20-4)10(16)7-9(11)15/h7-8,17H,5-6H2,1-4H3,(H,18,19). The van der Waals surface area contributed by atoms with Crippen LogP contribution in [0.15, 0.2) is 21.1 Å². The molecule has 112 valence electrons. The maximum atomic E-state index is 11.9. The minimum Gasteiger partial charge on any atom is -0.495 e. The Hall–Kier alpha value is -0.590. The summed E-state index contributed by atoms with van der Waals surface area (Å²) in [5.41, 5.74) is 0.715. The van der Waals surface area contributed by atoms with E-state index in [1.54, 1.807) is 13.2 Å². The number of carbonyl (C=O) groups is 1. The van der Waals surface area contributed by atoms with E-state index in [2.05, 4.69) is 63.3 Å². The molecule has 4 nitrogen and oxygen atoms in total. The average Bonchev–Trinajstić information content (AvgIpc) is 2.31. The molecule has 1 rings (SSSR count). The van der Waals surface area contributed by atoms with Gasteiger partial charge in [0.05, 0.1) is 17.3 Å². The Morgan fingerprint density at radius 1 is 1.25 bits per heavy atom. The van der Waals surface area contributed by atoms with Crippen LogP contribution in [0.5, 0.6) is 5.75 Å². The number of methoxy groups -OCH3 is 1. The molecule has 0 aliphatic rings. The zero-order valence-electron chi connectivity index (χ0n) is 12.1. The zero-order valence-corrected chi connectivity index (χ0v) is 15.3. The molecule has 1 aromatic carbocycles. The Labute approximate surface area is 136 Å². The van der Waals surface area contributed by atoms with Crippen molar-refractivity contribution < 1.29 is 9.53 Å². The number of anilines is 1. The van der Waals surface area contributed by atoms with E-state index in [9.17, 15) is 4.79 Å². The molecule has 0 spiro atoms. The van der Waals surface area contributed by atoms with Gasteiger partial charge in [0, 0.05) is 29.0 Å². The molecule has 0 aliphatic heterocycles. The summed E-state index contributed by atoms with van der Waals surface area (Å²) in [6.45, 7) is 6.85. The molecule has 0 heterocycles. The number of carbonyl (C=O) groups excluding carboxylic acids is 1. The van der Waals surface area contributed by atoms with Crippen LogP contribution in [0.25, 0.3) is 0 Å². The molecule has 0 atom stereocenters. The maximum absolute atomic E-state index is 11.9. The van der Waals surface area contributed by atoms with Gasteiger partial charge < -0.3 is 15.4 Å². The SMILES string of the molecule is COc1cc(NC(=O)CCNC(C)(C)C)c(Br)cc1Br. The van der Waals surface area contributed by atoms with E-state index in [4.69, 9.17) is 4.74 Å². The van der Waals surface area contributed by atoms with Crippen LogP contribution >= 0.6 is 31.9 Å². The Morgan fingerprint density at radius 3 is 2.45 bits per heavy atom. The number of amides is 1. The van der Waals surface area contributed by atoms with E-state index in [1.807, 2.05) is 6.07 Å². The van der Waals surface area contributed by atoms with Gasteiger partial charge in [-0.25, -0.2) is 0 Å². The summed E-state index contributed by atoms with van der Waals surface area (Å²) in [7, 11) is 1.59. The van der Waals surface area contributed by atoms with Crippen molar-refractivity contribution in [3.05, 3.63) is 21.1 Å². The second kappa shape index (κ2) is 7.43. The molecule has 1 aromatic rings. The molecule has 0 radical (unpaired) electrons. The van der Waals surface area contributed by atoms with Crippen LogP contribution < -0.4 is 15.4 Å². The van der Waals surface area contributed by atoms with Crippen LogP contribution in [0, 0.1) is 0 Å². The average molecular weight is 408 g/mol. The molecule has 0 aromatic heterocycles. The molecule has 0 unspecified atom stereocenters. The van der Waals surface area contributed by atoms with Crippen molar-refractivity contribution in [2.75, 3.05) is 19.0 Å². The molecule has 0 saturated carbocycles. The fourth-order valence-electron chi connectivity index (χ4n) is 1.55. The normalized spacial score (nSPS) is 11.3. The Balaban J connectivity index is 2.62. The summed E-state index contributed by atoms with van der Waals surface area (Å²) in [5.74, 6) is 0.642. The first-order valence-electron chi connectivity index (χ1n) is 6.31. The lowest BCUT2D eigenvalue weighted by Gasteiger charge is -2.20. The minimum atomic E-state index is -0.0353. The molecular formula is C14H20Br2N2O2. The third kappa shape index (κ3) is 5.81. The van der Waals surface area contributed by atoms with Gasteiger partial charge in [0.1, 0.15) is 5.75 Å². The number of ether oxygens (including phenoxy) is 1. The Kier molecular flexibility index (Phi) is 6.48. The van der Waals surface area contributed by atoms with E-state index in [0.717, 1.165) is 8.95 Å². The summed E-state index contributed by atoms with van der Waals surface area (Å²) in [6, 6.07) is 3.63. The van der Waals surface area contributed by atoms with Crippen molar-refractivity contribution in [1.29, 1.82) is 0 Å². The van der Waals surface area contributed by atoms with Gasteiger partial charge in [-0.1, -0.05) is 0 Å². The lowest BCUT2D eigenvalue weighted by atomic mass is 10.1. The van der Waals surface area contributed by atoms with Crippen LogP contribution in [-0.4, -0.2) is 25.1 Å². The first-order valence-corrected chi connectivity index (χ1v) is 7.89. The van der Waals surface area contributed by atoms with Crippen LogP contribution in [0.1, 0.15) is 27.2 Å². The van der Waals surface area contributed by atoms with Gasteiger partial charge in [-0.15, -0.1) is 0 Å². The highest BCUT2D eigenvalue weighted by atomic mass is 79.9. The molecule has 0 fully saturated rings. The number of benzene rings is 1. The monoisotopic (exact) mass is 406 g/mol. The second-order valence-electron chi connectivity index (χ2n) is 5.44. The van der Waals surface area contributed by atoms with Gasteiger partial charge in [0.25, 0.3) is 0 Å². The summed E-state index contributed by atoms with van der Waals surface area (Å²) in [6.07, 6.45) is 0.419. The smallest absolute Gasteiger partial charge is 0.225 e. The minimum absolute atomic E-state index is 0.0156. The molecule has 0 bridgehead atoms. The molecule has 1 amide bonds. The van der Waals surface area contributed by atoms with Crippen LogP contribution in [0.2, 0.25) is 0 Å². The highest BCUT2D eigenvalue weighted by Gasteiger charge is 2.12. The van der Waals surface area contributed by atoms with Crippen molar-refractivity contribution >= 4 is 43.5 Å². The summed E-state index contributed by atoms with van der Waals surface area (Å²) in [5, 5.41) is 6.15. The molecule has 0 saturated heterocycles. The van der Waals surface area contributed by atoms with E-state index in [0.29, 0.717) is 24.4 Å². The zero-order chi connectivity index (χ0) is 15.3. The topological polar surface area (TPSA) is 50.4 Å². The lowest BCUT2D eigenvalue weighted by molar-refractivity contribution is -0.116. The van der Waals surface area contributed by atoms with E-state index in [1.165, 1.54) is 0 Å². The van der Waals surface area contributed by atoms with Gasteiger partial charge in [-0.2, -0.15) is 0 Å². The van der Waals surface area contributed by atoms with Crippen molar-refractivity contribution in [2.45, 2.75) is 32.7 Å². The number of nitrogens with one attached hydrogen (secondary N) is 2. The number of hydrogen-bond donors (Lipinski definition) is 2. The summed E-state index contributed by atoms with van der Waals surface area (Å²) >= 11 is 6.82. The largest absolute Gasteiger partial charge is 0.495 e. The van der Waals surface area contributed by atoms with Gasteiger partial charge >= 0.3 is 0 Å². The van der Waals surface area contributed by atoms with Crippen molar-refractivity contribution in [2.24, 2.45) is 0 Å². The van der Waals surface area contributed by atoms with Crippen LogP contribution in [0.3, 0.4) is 0 Å². The van der Waals surface area contributed by atoms with Crippen molar-refractivity contribution in [3.8, 4) is 5.75 Å². The number of rotatable bonds is 5. The molecule has 2 N–H and O–H groups in total.